The van der Waals surface area contributed by atoms with Gasteiger partial charge < -0.3 is 15.0 Å². The Morgan fingerprint density at radius 3 is 2.66 bits per heavy atom. The highest BCUT2D eigenvalue weighted by Gasteiger charge is 2.38. The molecular weight excluding hydrogens is 421 g/mol. The largest absolute Gasteiger partial charge is 0.389 e. The number of imidazole rings is 1. The molecule has 1 aliphatic carbocycles. The van der Waals surface area contributed by atoms with Gasteiger partial charge in [-0.15, -0.1) is 0 Å². The van der Waals surface area contributed by atoms with Crippen molar-refractivity contribution in [1.82, 2.24) is 9.55 Å². The first-order valence-corrected chi connectivity index (χ1v) is 11.6. The SMILES string of the molecule is Cn1cnc(C2CCC(O)(CS(C)(=O)=O)CC2)c1C(=O)Nc1ccc(F)c(Cl)c1. The Hall–Kier alpha value is -1.97. The molecule has 7 nitrogen and oxygen atoms in total. The lowest BCUT2D eigenvalue weighted by atomic mass is 9.78. The Morgan fingerprint density at radius 1 is 1.41 bits per heavy atom. The van der Waals surface area contributed by atoms with Gasteiger partial charge in [0.25, 0.3) is 5.91 Å². The van der Waals surface area contributed by atoms with E-state index in [0.29, 0.717) is 42.8 Å². The van der Waals surface area contributed by atoms with Crippen molar-refractivity contribution < 1.29 is 22.7 Å². The van der Waals surface area contributed by atoms with Gasteiger partial charge in [0.15, 0.2) is 0 Å². The molecule has 0 radical (unpaired) electrons. The molecule has 1 amide bonds. The molecule has 0 aliphatic heterocycles. The van der Waals surface area contributed by atoms with Crippen molar-refractivity contribution >= 4 is 33.0 Å². The number of carbonyl (C=O) groups is 1. The Bertz CT molecular complexity index is 1030. The van der Waals surface area contributed by atoms with Crippen LogP contribution in [0.2, 0.25) is 5.02 Å². The number of benzene rings is 1. The molecule has 29 heavy (non-hydrogen) atoms. The minimum absolute atomic E-state index is 0.0754. The summed E-state index contributed by atoms with van der Waals surface area (Å²) in [6.07, 6.45) is 4.32. The summed E-state index contributed by atoms with van der Waals surface area (Å²) in [5.74, 6) is -1.32. The summed E-state index contributed by atoms with van der Waals surface area (Å²) < 4.78 is 38.1. The Balaban J connectivity index is 1.76. The lowest BCUT2D eigenvalue weighted by Crippen LogP contribution is -2.40. The van der Waals surface area contributed by atoms with Gasteiger partial charge in [0.05, 0.1) is 28.4 Å². The lowest BCUT2D eigenvalue weighted by Gasteiger charge is -2.35. The van der Waals surface area contributed by atoms with E-state index < -0.39 is 27.2 Å². The summed E-state index contributed by atoms with van der Waals surface area (Å²) in [4.78, 5) is 17.2. The topological polar surface area (TPSA) is 101 Å². The molecule has 0 bridgehead atoms. The van der Waals surface area contributed by atoms with Crippen LogP contribution in [0.25, 0.3) is 0 Å². The van der Waals surface area contributed by atoms with Crippen LogP contribution in [0.15, 0.2) is 24.5 Å². The molecule has 1 heterocycles. The normalized spacial score (nSPS) is 22.4. The minimum Gasteiger partial charge on any atom is -0.389 e. The molecule has 158 valence electrons. The molecular formula is C19H23ClFN3O4S. The predicted molar refractivity (Wildman–Crippen MR) is 108 cm³/mol. The molecule has 2 aromatic rings. The van der Waals surface area contributed by atoms with Crippen LogP contribution in [0, 0.1) is 5.82 Å². The van der Waals surface area contributed by atoms with E-state index in [-0.39, 0.29) is 16.7 Å². The maximum Gasteiger partial charge on any atom is 0.274 e. The number of nitrogens with one attached hydrogen (secondary N) is 1. The standard InChI is InChI=1S/C19H23ClFN3O4S/c1-24-11-22-16(12-5-7-19(26,8-6-12)10-29(2,27)28)17(24)18(25)23-13-3-4-15(21)14(20)9-13/h3-4,9,11-12,26H,5-8,10H2,1-2H3,(H,23,25). The summed E-state index contributed by atoms with van der Waals surface area (Å²) in [6.45, 7) is 0. The maximum atomic E-state index is 13.3. The molecule has 0 unspecified atom stereocenters. The van der Waals surface area contributed by atoms with Crippen LogP contribution in [0.5, 0.6) is 0 Å². The monoisotopic (exact) mass is 443 g/mol. The molecule has 2 N–H and O–H groups in total. The molecule has 0 saturated heterocycles. The van der Waals surface area contributed by atoms with Crippen LogP contribution in [0.1, 0.15) is 47.8 Å². The van der Waals surface area contributed by atoms with Crippen molar-refractivity contribution in [3.05, 3.63) is 46.8 Å². The van der Waals surface area contributed by atoms with Gasteiger partial charge >= 0.3 is 0 Å². The van der Waals surface area contributed by atoms with E-state index in [4.69, 9.17) is 11.6 Å². The number of halogens is 2. The van der Waals surface area contributed by atoms with Crippen molar-refractivity contribution in [2.45, 2.75) is 37.2 Å². The van der Waals surface area contributed by atoms with E-state index >= 15 is 0 Å². The van der Waals surface area contributed by atoms with Crippen LogP contribution in [0.3, 0.4) is 0 Å². The number of hydrogen-bond acceptors (Lipinski definition) is 5. The third kappa shape index (κ3) is 5.15. The van der Waals surface area contributed by atoms with Gasteiger partial charge in [0.1, 0.15) is 21.3 Å². The number of anilines is 1. The second-order valence-corrected chi connectivity index (χ2v) is 10.3. The van der Waals surface area contributed by atoms with Crippen molar-refractivity contribution in [1.29, 1.82) is 0 Å². The van der Waals surface area contributed by atoms with Crippen LogP contribution in [0.4, 0.5) is 10.1 Å². The quantitative estimate of drug-likeness (QED) is 0.739. The number of aliphatic hydroxyl groups is 1. The molecule has 10 heteroatoms. The zero-order valence-corrected chi connectivity index (χ0v) is 17.7. The Kier molecular flexibility index (Phi) is 6.03. The number of rotatable bonds is 5. The Labute approximate surface area is 173 Å². The van der Waals surface area contributed by atoms with Gasteiger partial charge in [0.2, 0.25) is 0 Å². The van der Waals surface area contributed by atoms with Crippen LogP contribution in [-0.4, -0.2) is 46.6 Å². The van der Waals surface area contributed by atoms with Crippen molar-refractivity contribution in [3.63, 3.8) is 0 Å². The minimum atomic E-state index is -3.29. The lowest BCUT2D eigenvalue weighted by molar-refractivity contribution is 0.0201. The Morgan fingerprint density at radius 2 is 2.07 bits per heavy atom. The van der Waals surface area contributed by atoms with Crippen LogP contribution >= 0.6 is 11.6 Å². The van der Waals surface area contributed by atoms with Gasteiger partial charge in [-0.25, -0.2) is 17.8 Å². The van der Waals surface area contributed by atoms with E-state index in [9.17, 15) is 22.7 Å². The smallest absolute Gasteiger partial charge is 0.274 e. The zero-order chi connectivity index (χ0) is 21.4. The fourth-order valence-electron chi connectivity index (χ4n) is 3.85. The third-order valence-corrected chi connectivity index (χ3v) is 6.54. The fourth-order valence-corrected chi connectivity index (χ4v) is 5.29. The number of amides is 1. The number of nitrogens with zero attached hydrogens (tertiary/aromatic N) is 2. The average Bonchev–Trinajstić information content (AvgIpc) is 2.98. The fraction of sp³-hybridized carbons (Fsp3) is 0.474. The second kappa shape index (κ2) is 8.04. The van der Waals surface area contributed by atoms with E-state index in [1.807, 2.05) is 0 Å². The number of hydrogen-bond donors (Lipinski definition) is 2. The first-order valence-electron chi connectivity index (χ1n) is 9.15. The second-order valence-electron chi connectivity index (χ2n) is 7.74. The molecule has 1 fully saturated rings. The van der Waals surface area contributed by atoms with Crippen molar-refractivity contribution in [2.75, 3.05) is 17.3 Å². The molecule has 0 atom stereocenters. The highest BCUT2D eigenvalue weighted by Crippen LogP contribution is 2.39. The van der Waals surface area contributed by atoms with E-state index in [1.54, 1.807) is 17.9 Å². The zero-order valence-electron chi connectivity index (χ0n) is 16.2. The van der Waals surface area contributed by atoms with Crippen LogP contribution < -0.4 is 5.32 Å². The third-order valence-electron chi connectivity index (χ3n) is 5.19. The van der Waals surface area contributed by atoms with Gasteiger partial charge in [0, 0.05) is 24.9 Å². The highest BCUT2D eigenvalue weighted by molar-refractivity contribution is 7.90. The maximum absolute atomic E-state index is 13.3. The van der Waals surface area contributed by atoms with E-state index in [0.717, 1.165) is 6.26 Å². The van der Waals surface area contributed by atoms with E-state index in [1.165, 1.54) is 18.2 Å². The van der Waals surface area contributed by atoms with Gasteiger partial charge in [-0.05, 0) is 43.9 Å². The molecule has 1 aromatic carbocycles. The van der Waals surface area contributed by atoms with Gasteiger partial charge in [-0.1, -0.05) is 11.6 Å². The molecule has 1 saturated carbocycles. The number of aromatic nitrogens is 2. The van der Waals surface area contributed by atoms with E-state index in [2.05, 4.69) is 10.3 Å². The van der Waals surface area contributed by atoms with Gasteiger partial charge in [-0.2, -0.15) is 0 Å². The summed E-state index contributed by atoms with van der Waals surface area (Å²) in [5, 5.41) is 13.2. The molecule has 3 rings (SSSR count). The predicted octanol–water partition coefficient (Wildman–Crippen LogP) is 2.90. The first kappa shape index (κ1) is 21.7. The molecule has 1 aliphatic rings. The van der Waals surface area contributed by atoms with Crippen molar-refractivity contribution in [3.8, 4) is 0 Å². The summed E-state index contributed by atoms with van der Waals surface area (Å²) in [7, 11) is -1.59. The number of sulfone groups is 1. The number of carbonyl (C=O) groups excluding carboxylic acids is 1. The molecule has 1 aromatic heterocycles. The molecule has 0 spiro atoms. The average molecular weight is 444 g/mol. The highest BCUT2D eigenvalue weighted by atomic mass is 35.5. The summed E-state index contributed by atoms with van der Waals surface area (Å²) >= 11 is 5.77. The van der Waals surface area contributed by atoms with Crippen LogP contribution in [-0.2, 0) is 16.9 Å². The summed E-state index contributed by atoms with van der Waals surface area (Å²) in [6, 6.07) is 3.92. The van der Waals surface area contributed by atoms with Crippen molar-refractivity contribution in [2.24, 2.45) is 7.05 Å². The number of aryl methyl sites for hydroxylation is 1. The summed E-state index contributed by atoms with van der Waals surface area (Å²) in [5.41, 5.74) is 0.0786. The first-order chi connectivity index (χ1) is 13.5. The van der Waals surface area contributed by atoms with Gasteiger partial charge in [-0.3, -0.25) is 4.79 Å².